The largest absolute Gasteiger partial charge is 0.376 e. The van der Waals surface area contributed by atoms with Crippen molar-refractivity contribution >= 4 is 11.6 Å². The van der Waals surface area contributed by atoms with E-state index in [1.807, 2.05) is 37.3 Å². The molecule has 1 aromatic carbocycles. The molecule has 0 atom stereocenters. The summed E-state index contributed by atoms with van der Waals surface area (Å²) < 4.78 is 0. The number of amides is 1. The lowest BCUT2D eigenvalue weighted by Crippen LogP contribution is -2.23. The van der Waals surface area contributed by atoms with Crippen molar-refractivity contribution in [1.29, 1.82) is 5.26 Å². The number of unbranched alkanes of at least 4 members (excludes halogenated alkanes) is 2. The van der Waals surface area contributed by atoms with E-state index in [-0.39, 0.29) is 11.5 Å². The van der Waals surface area contributed by atoms with Gasteiger partial charge >= 0.3 is 0 Å². The lowest BCUT2D eigenvalue weighted by molar-refractivity contribution is -0.112. The molecule has 4 heteroatoms. The van der Waals surface area contributed by atoms with Gasteiger partial charge in [-0.3, -0.25) is 4.79 Å². The van der Waals surface area contributed by atoms with Crippen LogP contribution in [-0.2, 0) is 4.79 Å². The molecule has 124 valence electrons. The molecule has 0 heterocycles. The lowest BCUT2D eigenvalue weighted by Gasteiger charge is -2.20. The SMILES string of the molecule is CCCCN(/C=C(/C#N)C(=O)Nc1cccc(C)c1)CCCC. The van der Waals surface area contributed by atoms with E-state index in [4.69, 9.17) is 0 Å². The molecule has 0 unspecified atom stereocenters. The number of aryl methyl sites for hydroxylation is 1. The van der Waals surface area contributed by atoms with E-state index in [0.717, 1.165) is 44.3 Å². The topological polar surface area (TPSA) is 56.1 Å². The number of anilines is 1. The summed E-state index contributed by atoms with van der Waals surface area (Å²) in [6.07, 6.45) is 6.00. The van der Waals surface area contributed by atoms with E-state index in [0.29, 0.717) is 5.69 Å². The number of hydrogen-bond donors (Lipinski definition) is 1. The molecule has 0 radical (unpaired) electrons. The first-order chi connectivity index (χ1) is 11.1. The molecule has 0 aromatic heterocycles. The van der Waals surface area contributed by atoms with Gasteiger partial charge in [-0.25, -0.2) is 0 Å². The minimum Gasteiger partial charge on any atom is -0.376 e. The molecule has 0 aliphatic rings. The summed E-state index contributed by atoms with van der Waals surface area (Å²) in [7, 11) is 0. The lowest BCUT2D eigenvalue weighted by atomic mass is 10.2. The second kappa shape index (κ2) is 10.4. The molecule has 0 aliphatic heterocycles. The molecular formula is C19H27N3O. The third kappa shape index (κ3) is 7.01. The average molecular weight is 313 g/mol. The molecule has 0 saturated heterocycles. The van der Waals surface area contributed by atoms with E-state index < -0.39 is 0 Å². The van der Waals surface area contributed by atoms with Crippen LogP contribution >= 0.6 is 0 Å². The summed E-state index contributed by atoms with van der Waals surface area (Å²) in [5.74, 6) is -0.351. The summed E-state index contributed by atoms with van der Waals surface area (Å²) in [5.41, 5.74) is 1.93. The molecule has 1 rings (SSSR count). The normalized spacial score (nSPS) is 11.0. The number of nitrogens with one attached hydrogen (secondary N) is 1. The van der Waals surface area contributed by atoms with Gasteiger partial charge in [0.1, 0.15) is 11.6 Å². The molecule has 0 aliphatic carbocycles. The maximum atomic E-state index is 12.3. The smallest absolute Gasteiger partial charge is 0.267 e. The van der Waals surface area contributed by atoms with E-state index in [1.165, 1.54) is 0 Å². The summed E-state index contributed by atoms with van der Waals surface area (Å²) in [4.78, 5) is 14.4. The van der Waals surface area contributed by atoms with Gasteiger partial charge in [-0.15, -0.1) is 0 Å². The number of rotatable bonds is 9. The molecule has 0 saturated carbocycles. The Labute approximate surface area is 139 Å². The number of nitriles is 1. The molecule has 1 N–H and O–H groups in total. The van der Waals surface area contributed by atoms with Gasteiger partial charge in [0.05, 0.1) is 0 Å². The van der Waals surface area contributed by atoms with Gasteiger partial charge in [-0.2, -0.15) is 5.26 Å². The van der Waals surface area contributed by atoms with Crippen molar-refractivity contribution in [2.75, 3.05) is 18.4 Å². The molecule has 4 nitrogen and oxygen atoms in total. The van der Waals surface area contributed by atoms with E-state index in [1.54, 1.807) is 6.20 Å². The highest BCUT2D eigenvalue weighted by molar-refractivity contribution is 6.06. The minimum atomic E-state index is -0.351. The van der Waals surface area contributed by atoms with Crippen LogP contribution in [-0.4, -0.2) is 23.9 Å². The van der Waals surface area contributed by atoms with Gasteiger partial charge in [0.25, 0.3) is 5.91 Å². The molecule has 0 fully saturated rings. The Hall–Kier alpha value is -2.28. The fourth-order valence-electron chi connectivity index (χ4n) is 2.21. The highest BCUT2D eigenvalue weighted by Crippen LogP contribution is 2.11. The highest BCUT2D eigenvalue weighted by Gasteiger charge is 2.11. The Morgan fingerprint density at radius 2 is 1.91 bits per heavy atom. The third-order valence-electron chi connectivity index (χ3n) is 3.55. The quantitative estimate of drug-likeness (QED) is 0.548. The predicted molar refractivity (Wildman–Crippen MR) is 94.9 cm³/mol. The van der Waals surface area contributed by atoms with Gasteiger partial charge in [0.2, 0.25) is 0 Å². The zero-order valence-corrected chi connectivity index (χ0v) is 14.4. The predicted octanol–water partition coefficient (Wildman–Crippen LogP) is 4.24. The summed E-state index contributed by atoms with van der Waals surface area (Å²) >= 11 is 0. The van der Waals surface area contributed by atoms with Crippen LogP contribution in [0.25, 0.3) is 0 Å². The van der Waals surface area contributed by atoms with Gasteiger partial charge in [0, 0.05) is 25.0 Å². The van der Waals surface area contributed by atoms with Crippen LogP contribution < -0.4 is 5.32 Å². The van der Waals surface area contributed by atoms with Gasteiger partial charge in [-0.1, -0.05) is 38.8 Å². The van der Waals surface area contributed by atoms with Crippen molar-refractivity contribution in [2.45, 2.75) is 46.5 Å². The molecule has 0 spiro atoms. The molecular weight excluding hydrogens is 286 g/mol. The summed E-state index contributed by atoms with van der Waals surface area (Å²) in [5, 5.41) is 12.1. The van der Waals surface area contributed by atoms with Crippen LogP contribution in [0.2, 0.25) is 0 Å². The maximum absolute atomic E-state index is 12.3. The molecule has 1 amide bonds. The second-order valence-electron chi connectivity index (χ2n) is 5.72. The van der Waals surface area contributed by atoms with Gasteiger partial charge in [-0.05, 0) is 37.5 Å². The van der Waals surface area contributed by atoms with Crippen LogP contribution in [0.1, 0.15) is 45.1 Å². The first-order valence-electron chi connectivity index (χ1n) is 8.34. The monoisotopic (exact) mass is 313 g/mol. The second-order valence-corrected chi connectivity index (χ2v) is 5.72. The fourth-order valence-corrected chi connectivity index (χ4v) is 2.21. The zero-order valence-electron chi connectivity index (χ0n) is 14.4. The number of carbonyl (C=O) groups is 1. The first kappa shape index (κ1) is 18.8. The van der Waals surface area contributed by atoms with Crippen LogP contribution in [0.4, 0.5) is 5.69 Å². The Bertz CT molecular complexity index is 564. The van der Waals surface area contributed by atoms with Crippen molar-refractivity contribution < 1.29 is 4.79 Å². The highest BCUT2D eigenvalue weighted by atomic mass is 16.1. The Balaban J connectivity index is 2.81. The van der Waals surface area contributed by atoms with Crippen molar-refractivity contribution in [3.8, 4) is 6.07 Å². The van der Waals surface area contributed by atoms with Crippen LogP contribution in [0, 0.1) is 18.3 Å². The standard InChI is InChI=1S/C19H27N3O/c1-4-6-11-22(12-7-5-2)15-17(14-20)19(23)21-18-10-8-9-16(3)13-18/h8-10,13,15H,4-7,11-12H2,1-3H3,(H,21,23)/b17-15-. The molecule has 0 bridgehead atoms. The van der Waals surface area contributed by atoms with Crippen molar-refractivity contribution in [3.63, 3.8) is 0 Å². The van der Waals surface area contributed by atoms with Crippen LogP contribution in [0.5, 0.6) is 0 Å². The van der Waals surface area contributed by atoms with Crippen molar-refractivity contribution in [2.24, 2.45) is 0 Å². The van der Waals surface area contributed by atoms with Crippen LogP contribution in [0.15, 0.2) is 36.0 Å². The van der Waals surface area contributed by atoms with Crippen molar-refractivity contribution in [1.82, 2.24) is 4.90 Å². The van der Waals surface area contributed by atoms with E-state index in [2.05, 4.69) is 24.1 Å². The third-order valence-corrected chi connectivity index (χ3v) is 3.55. The Morgan fingerprint density at radius 1 is 1.26 bits per heavy atom. The number of nitrogens with zero attached hydrogens (tertiary/aromatic N) is 2. The maximum Gasteiger partial charge on any atom is 0.267 e. The van der Waals surface area contributed by atoms with Gasteiger partial charge < -0.3 is 10.2 Å². The Morgan fingerprint density at radius 3 is 2.43 bits per heavy atom. The number of carbonyl (C=O) groups excluding carboxylic acids is 1. The fraction of sp³-hybridized carbons (Fsp3) is 0.474. The number of hydrogen-bond acceptors (Lipinski definition) is 3. The first-order valence-corrected chi connectivity index (χ1v) is 8.34. The number of benzene rings is 1. The van der Waals surface area contributed by atoms with Crippen LogP contribution in [0.3, 0.4) is 0 Å². The van der Waals surface area contributed by atoms with E-state index in [9.17, 15) is 10.1 Å². The zero-order chi connectivity index (χ0) is 17.1. The average Bonchev–Trinajstić information content (AvgIpc) is 2.54. The summed E-state index contributed by atoms with van der Waals surface area (Å²) in [6.45, 7) is 7.99. The molecule has 23 heavy (non-hydrogen) atoms. The molecule has 1 aromatic rings. The Kier molecular flexibility index (Phi) is 8.52. The van der Waals surface area contributed by atoms with Gasteiger partial charge in [0.15, 0.2) is 0 Å². The minimum absolute atomic E-state index is 0.152. The summed E-state index contributed by atoms with van der Waals surface area (Å²) in [6, 6.07) is 9.59. The van der Waals surface area contributed by atoms with Crippen molar-refractivity contribution in [3.05, 3.63) is 41.6 Å². The van der Waals surface area contributed by atoms with E-state index >= 15 is 0 Å².